The van der Waals surface area contributed by atoms with Crippen molar-refractivity contribution < 1.29 is 24.2 Å². The summed E-state index contributed by atoms with van der Waals surface area (Å²) in [5.74, 6) is -1.44. The summed E-state index contributed by atoms with van der Waals surface area (Å²) in [6.07, 6.45) is 0.840. The van der Waals surface area contributed by atoms with Crippen molar-refractivity contribution in [3.05, 3.63) is 0 Å². The van der Waals surface area contributed by atoms with E-state index >= 15 is 0 Å². The topological polar surface area (TPSA) is 95.9 Å². The quantitative estimate of drug-likeness (QED) is 0.577. The van der Waals surface area contributed by atoms with E-state index in [1.807, 2.05) is 6.92 Å². The number of methoxy groups -OCH3 is 1. The van der Waals surface area contributed by atoms with E-state index in [0.29, 0.717) is 13.0 Å². The first-order valence-electron chi connectivity index (χ1n) is 6.26. The molecule has 0 heterocycles. The van der Waals surface area contributed by atoms with E-state index in [4.69, 9.17) is 9.84 Å². The van der Waals surface area contributed by atoms with Crippen LogP contribution in [0.25, 0.3) is 0 Å². The fourth-order valence-corrected chi connectivity index (χ4v) is 1.50. The second-order valence-corrected chi connectivity index (χ2v) is 4.01. The molecule has 0 aromatic rings. The maximum atomic E-state index is 11.8. The Bertz CT molecular complexity index is 306. The lowest BCUT2D eigenvalue weighted by Crippen LogP contribution is -2.38. The van der Waals surface area contributed by atoms with Crippen molar-refractivity contribution in [2.75, 3.05) is 33.4 Å². The van der Waals surface area contributed by atoms with Gasteiger partial charge in [-0.05, 0) is 13.3 Å². The zero-order valence-electron chi connectivity index (χ0n) is 11.5. The molecule has 0 aromatic carbocycles. The Morgan fingerprint density at radius 2 is 1.95 bits per heavy atom. The number of hydrogen-bond donors (Lipinski definition) is 2. The highest BCUT2D eigenvalue weighted by Crippen LogP contribution is 2.01. The molecule has 0 aromatic heterocycles. The van der Waals surface area contributed by atoms with E-state index in [1.54, 1.807) is 0 Å². The molecule has 0 spiro atoms. The van der Waals surface area contributed by atoms with Gasteiger partial charge in [0, 0.05) is 33.0 Å². The Labute approximate surface area is 112 Å². The molecule has 0 saturated heterocycles. The van der Waals surface area contributed by atoms with Crippen molar-refractivity contribution in [1.29, 1.82) is 0 Å². The molecule has 0 aliphatic heterocycles. The van der Waals surface area contributed by atoms with Crippen molar-refractivity contribution in [2.45, 2.75) is 26.2 Å². The lowest BCUT2D eigenvalue weighted by Gasteiger charge is -2.20. The summed E-state index contributed by atoms with van der Waals surface area (Å²) >= 11 is 0. The second kappa shape index (κ2) is 10.3. The zero-order chi connectivity index (χ0) is 14.7. The van der Waals surface area contributed by atoms with Crippen LogP contribution in [0.1, 0.15) is 26.2 Å². The number of carbonyl (C=O) groups excluding carboxylic acids is 2. The van der Waals surface area contributed by atoms with Crippen LogP contribution in [0.2, 0.25) is 0 Å². The van der Waals surface area contributed by atoms with E-state index < -0.39 is 5.97 Å². The van der Waals surface area contributed by atoms with Gasteiger partial charge in [-0.25, -0.2) is 0 Å². The third-order valence-electron chi connectivity index (χ3n) is 2.41. The van der Waals surface area contributed by atoms with Crippen molar-refractivity contribution in [1.82, 2.24) is 10.2 Å². The van der Waals surface area contributed by atoms with Gasteiger partial charge in [-0.3, -0.25) is 14.4 Å². The summed E-state index contributed by atoms with van der Waals surface area (Å²) < 4.78 is 4.83. The molecule has 0 unspecified atom stereocenters. The van der Waals surface area contributed by atoms with E-state index in [0.717, 1.165) is 0 Å². The number of hydrogen-bond acceptors (Lipinski definition) is 4. The Morgan fingerprint density at radius 1 is 1.26 bits per heavy atom. The smallest absolute Gasteiger partial charge is 0.323 e. The minimum absolute atomic E-state index is 0.100. The van der Waals surface area contributed by atoms with Crippen LogP contribution in [0.3, 0.4) is 0 Å². The molecule has 110 valence electrons. The zero-order valence-corrected chi connectivity index (χ0v) is 11.5. The van der Waals surface area contributed by atoms with Gasteiger partial charge in [-0.2, -0.15) is 0 Å². The van der Waals surface area contributed by atoms with E-state index in [2.05, 4.69) is 5.32 Å². The van der Waals surface area contributed by atoms with Crippen molar-refractivity contribution in [2.24, 2.45) is 0 Å². The molecule has 7 heteroatoms. The molecule has 19 heavy (non-hydrogen) atoms. The molecule has 0 aliphatic carbocycles. The maximum absolute atomic E-state index is 11.8. The molecule has 0 atom stereocenters. The van der Waals surface area contributed by atoms with Crippen LogP contribution in [0.4, 0.5) is 0 Å². The van der Waals surface area contributed by atoms with Crippen LogP contribution in [0.5, 0.6) is 0 Å². The molecule has 0 bridgehead atoms. The number of ether oxygens (including phenoxy) is 1. The molecule has 7 nitrogen and oxygen atoms in total. The molecule has 0 fully saturated rings. The summed E-state index contributed by atoms with van der Waals surface area (Å²) in [4.78, 5) is 34.9. The molecule has 2 amide bonds. The lowest BCUT2D eigenvalue weighted by atomic mass is 10.2. The number of aliphatic carboxylic acids is 1. The Balaban J connectivity index is 4.08. The largest absolute Gasteiger partial charge is 0.480 e. The van der Waals surface area contributed by atoms with Crippen LogP contribution in [0, 0.1) is 0 Å². The van der Waals surface area contributed by atoms with Crippen LogP contribution in [-0.4, -0.2) is 61.1 Å². The number of carbonyl (C=O) groups is 3. The van der Waals surface area contributed by atoms with Crippen molar-refractivity contribution in [3.63, 3.8) is 0 Å². The van der Waals surface area contributed by atoms with Gasteiger partial charge >= 0.3 is 5.97 Å². The van der Waals surface area contributed by atoms with Gasteiger partial charge in [0.15, 0.2) is 0 Å². The standard InChI is InChI=1S/C12H22N2O5/c1-3-13-10(15)5-4-6-11(16)14(7-8-19-2)9-12(17)18/h3-9H2,1-2H3,(H,13,15)(H,17,18). The summed E-state index contributed by atoms with van der Waals surface area (Å²) in [7, 11) is 1.48. The molecule has 0 aliphatic rings. The Kier molecular flexibility index (Phi) is 9.42. The first-order valence-corrected chi connectivity index (χ1v) is 6.26. The molecular weight excluding hydrogens is 252 g/mol. The van der Waals surface area contributed by atoms with Gasteiger partial charge in [0.2, 0.25) is 11.8 Å². The van der Waals surface area contributed by atoms with Gasteiger partial charge in [-0.1, -0.05) is 0 Å². The average molecular weight is 274 g/mol. The second-order valence-electron chi connectivity index (χ2n) is 4.01. The monoisotopic (exact) mass is 274 g/mol. The number of nitrogens with zero attached hydrogens (tertiary/aromatic N) is 1. The number of nitrogens with one attached hydrogen (secondary N) is 1. The first kappa shape index (κ1) is 17.4. The summed E-state index contributed by atoms with van der Waals surface area (Å²) in [6.45, 7) is 2.57. The van der Waals surface area contributed by atoms with E-state index in [1.165, 1.54) is 12.0 Å². The SMILES string of the molecule is CCNC(=O)CCCC(=O)N(CCOC)CC(=O)O. The van der Waals surface area contributed by atoms with Crippen LogP contribution in [0.15, 0.2) is 0 Å². The first-order chi connectivity index (χ1) is 9.01. The number of amides is 2. The lowest BCUT2D eigenvalue weighted by molar-refractivity contribution is -0.145. The minimum atomic E-state index is -1.06. The average Bonchev–Trinajstić information content (AvgIpc) is 2.34. The summed E-state index contributed by atoms with van der Waals surface area (Å²) in [5.41, 5.74) is 0. The van der Waals surface area contributed by atoms with Gasteiger partial charge < -0.3 is 20.1 Å². The van der Waals surface area contributed by atoms with E-state index in [9.17, 15) is 14.4 Å². The van der Waals surface area contributed by atoms with E-state index in [-0.39, 0.29) is 44.4 Å². The molecular formula is C12H22N2O5. The fourth-order valence-electron chi connectivity index (χ4n) is 1.50. The van der Waals surface area contributed by atoms with Crippen LogP contribution < -0.4 is 5.32 Å². The van der Waals surface area contributed by atoms with Gasteiger partial charge in [0.1, 0.15) is 6.54 Å². The van der Waals surface area contributed by atoms with Gasteiger partial charge in [0.05, 0.1) is 6.61 Å². The molecule has 0 saturated carbocycles. The highest BCUT2D eigenvalue weighted by atomic mass is 16.5. The number of carboxylic acids is 1. The van der Waals surface area contributed by atoms with Crippen LogP contribution >= 0.6 is 0 Å². The highest BCUT2D eigenvalue weighted by molar-refractivity contribution is 5.82. The molecule has 2 N–H and O–H groups in total. The normalized spacial score (nSPS) is 10.0. The Morgan fingerprint density at radius 3 is 2.47 bits per heavy atom. The predicted octanol–water partition coefficient (Wildman–Crippen LogP) is -0.148. The summed E-state index contributed by atoms with van der Waals surface area (Å²) in [6, 6.07) is 0. The molecule has 0 rings (SSSR count). The Hall–Kier alpha value is -1.63. The fraction of sp³-hybridized carbons (Fsp3) is 0.750. The number of rotatable bonds is 10. The van der Waals surface area contributed by atoms with Crippen LogP contribution in [-0.2, 0) is 19.1 Å². The van der Waals surface area contributed by atoms with Crippen molar-refractivity contribution >= 4 is 17.8 Å². The van der Waals surface area contributed by atoms with Crippen molar-refractivity contribution in [3.8, 4) is 0 Å². The third kappa shape index (κ3) is 9.01. The molecule has 0 radical (unpaired) electrons. The van der Waals surface area contributed by atoms with Gasteiger partial charge in [0.25, 0.3) is 0 Å². The maximum Gasteiger partial charge on any atom is 0.323 e. The summed E-state index contributed by atoms with van der Waals surface area (Å²) in [5, 5.41) is 11.4. The van der Waals surface area contributed by atoms with Gasteiger partial charge in [-0.15, -0.1) is 0 Å². The minimum Gasteiger partial charge on any atom is -0.480 e. The number of carboxylic acid groups (broad SMARTS) is 1. The predicted molar refractivity (Wildman–Crippen MR) is 68.6 cm³/mol. The highest BCUT2D eigenvalue weighted by Gasteiger charge is 2.16. The third-order valence-corrected chi connectivity index (χ3v) is 2.41.